The zero-order chi connectivity index (χ0) is 24.5. The van der Waals surface area contributed by atoms with Crippen LogP contribution in [0.2, 0.25) is 0 Å². The third-order valence-electron chi connectivity index (χ3n) is 5.60. The van der Waals surface area contributed by atoms with E-state index in [-0.39, 0.29) is 28.8 Å². The Labute approximate surface area is 192 Å². The fourth-order valence-corrected chi connectivity index (χ4v) is 3.86. The average Bonchev–Trinajstić information content (AvgIpc) is 3.31. The lowest BCUT2D eigenvalue weighted by Gasteiger charge is -2.17. The first-order chi connectivity index (χ1) is 16.1. The maximum Gasteiger partial charge on any atom is 0.416 e. The Morgan fingerprint density at radius 1 is 1.03 bits per heavy atom. The maximum absolute atomic E-state index is 14.3. The third-order valence-corrected chi connectivity index (χ3v) is 5.60. The van der Waals surface area contributed by atoms with Gasteiger partial charge in [0.2, 0.25) is 0 Å². The Morgan fingerprint density at radius 2 is 1.79 bits per heavy atom. The molecule has 4 nitrogen and oxygen atoms in total. The number of amides is 1. The summed E-state index contributed by atoms with van der Waals surface area (Å²) in [5, 5.41) is 5.71. The highest BCUT2D eigenvalue weighted by atomic mass is 19.4. The molecule has 3 aromatic carbocycles. The summed E-state index contributed by atoms with van der Waals surface area (Å²) in [7, 11) is 0. The summed E-state index contributed by atoms with van der Waals surface area (Å²) in [4.78, 5) is 13.0. The molecule has 0 bridgehead atoms. The first kappa shape index (κ1) is 23.7. The van der Waals surface area contributed by atoms with Crippen molar-refractivity contribution in [3.8, 4) is 11.5 Å². The Morgan fingerprint density at radius 3 is 2.47 bits per heavy atom. The van der Waals surface area contributed by atoms with Crippen LogP contribution in [0.4, 0.5) is 27.6 Å². The average molecular weight is 476 g/mol. The van der Waals surface area contributed by atoms with Crippen LogP contribution in [0.1, 0.15) is 45.9 Å². The van der Waals surface area contributed by atoms with Gasteiger partial charge in [-0.25, -0.2) is 8.78 Å². The van der Waals surface area contributed by atoms with Crippen molar-refractivity contribution in [2.24, 2.45) is 0 Å². The van der Waals surface area contributed by atoms with Gasteiger partial charge in [-0.3, -0.25) is 4.79 Å². The van der Waals surface area contributed by atoms with Crippen LogP contribution in [-0.2, 0) is 6.18 Å². The fourth-order valence-electron chi connectivity index (χ4n) is 3.86. The summed E-state index contributed by atoms with van der Waals surface area (Å²) >= 11 is 0. The lowest BCUT2D eigenvalue weighted by Crippen LogP contribution is -2.17. The number of anilines is 1. The molecule has 3 aromatic rings. The SMILES string of the molecule is Cc1cc(F)ccc1Oc1ccc(C(F)(F)F)cc1C(=O)Nc1ccc(F)c(C2CCCN2)c1. The predicted molar refractivity (Wildman–Crippen MR) is 117 cm³/mol. The molecule has 1 atom stereocenters. The number of hydrogen-bond donors (Lipinski definition) is 2. The van der Waals surface area contributed by atoms with Crippen molar-refractivity contribution in [2.45, 2.75) is 32.0 Å². The molecule has 1 unspecified atom stereocenters. The van der Waals surface area contributed by atoms with E-state index >= 15 is 0 Å². The van der Waals surface area contributed by atoms with Crippen molar-refractivity contribution in [3.63, 3.8) is 0 Å². The van der Waals surface area contributed by atoms with Crippen LogP contribution in [0, 0.1) is 18.6 Å². The standard InChI is InChI=1S/C25H21F5N2O2/c1-14-11-16(26)5-9-22(14)34-23-8-4-15(25(28,29)30)12-19(23)24(33)32-17-6-7-20(27)18(13-17)21-3-2-10-31-21/h4-9,11-13,21,31H,2-3,10H2,1H3,(H,32,33). The van der Waals surface area contributed by atoms with Gasteiger partial charge in [-0.1, -0.05) is 0 Å². The second kappa shape index (κ2) is 9.42. The lowest BCUT2D eigenvalue weighted by atomic mass is 10.0. The molecule has 9 heteroatoms. The van der Waals surface area contributed by atoms with Crippen LogP contribution < -0.4 is 15.4 Å². The van der Waals surface area contributed by atoms with Crippen molar-refractivity contribution in [3.05, 3.63) is 88.5 Å². The molecule has 0 radical (unpaired) electrons. The van der Waals surface area contributed by atoms with Gasteiger partial charge in [-0.2, -0.15) is 13.2 Å². The van der Waals surface area contributed by atoms with Crippen LogP contribution >= 0.6 is 0 Å². The van der Waals surface area contributed by atoms with E-state index in [9.17, 15) is 26.7 Å². The highest BCUT2D eigenvalue weighted by Crippen LogP contribution is 2.36. The molecule has 34 heavy (non-hydrogen) atoms. The third kappa shape index (κ3) is 5.20. The number of nitrogens with one attached hydrogen (secondary N) is 2. The van der Waals surface area contributed by atoms with Gasteiger partial charge in [0, 0.05) is 17.3 Å². The molecule has 0 aliphatic carbocycles. The van der Waals surface area contributed by atoms with Crippen molar-refractivity contribution >= 4 is 11.6 Å². The summed E-state index contributed by atoms with van der Waals surface area (Å²) in [6, 6.07) is 10.0. The highest BCUT2D eigenvalue weighted by molar-refractivity contribution is 6.06. The number of carbonyl (C=O) groups excluding carboxylic acids is 1. The molecule has 1 saturated heterocycles. The lowest BCUT2D eigenvalue weighted by molar-refractivity contribution is -0.137. The molecule has 1 heterocycles. The molecule has 1 amide bonds. The zero-order valence-electron chi connectivity index (χ0n) is 18.1. The smallest absolute Gasteiger partial charge is 0.416 e. The van der Waals surface area contributed by atoms with Crippen molar-refractivity contribution in [2.75, 3.05) is 11.9 Å². The summed E-state index contributed by atoms with van der Waals surface area (Å²) in [6.45, 7) is 2.31. The minimum atomic E-state index is -4.68. The number of aryl methyl sites for hydroxylation is 1. The summed E-state index contributed by atoms with van der Waals surface area (Å²) in [5.41, 5.74) is -0.396. The van der Waals surface area contributed by atoms with Crippen LogP contribution in [0.5, 0.6) is 11.5 Å². The number of alkyl halides is 3. The quantitative estimate of drug-likeness (QED) is 0.400. The monoisotopic (exact) mass is 476 g/mol. The molecule has 1 fully saturated rings. The predicted octanol–water partition coefficient (Wildman–Crippen LogP) is 6.76. The van der Waals surface area contributed by atoms with E-state index in [4.69, 9.17) is 4.74 Å². The Kier molecular flexibility index (Phi) is 6.56. The number of halogens is 5. The topological polar surface area (TPSA) is 50.4 Å². The van der Waals surface area contributed by atoms with E-state index in [0.717, 1.165) is 37.6 Å². The van der Waals surface area contributed by atoms with Gasteiger partial charge in [0.1, 0.15) is 23.1 Å². The molecule has 2 N–H and O–H groups in total. The molecule has 178 valence electrons. The summed E-state index contributed by atoms with van der Waals surface area (Å²) < 4.78 is 73.4. The normalized spacial score (nSPS) is 15.9. The van der Waals surface area contributed by atoms with E-state index in [0.29, 0.717) is 17.2 Å². The van der Waals surface area contributed by atoms with Crippen LogP contribution in [0.3, 0.4) is 0 Å². The van der Waals surface area contributed by atoms with Crippen LogP contribution in [0.25, 0.3) is 0 Å². The van der Waals surface area contributed by atoms with Gasteiger partial charge < -0.3 is 15.4 Å². The van der Waals surface area contributed by atoms with Gasteiger partial charge in [0.05, 0.1) is 11.1 Å². The second-order valence-corrected chi connectivity index (χ2v) is 8.06. The Hall–Kier alpha value is -3.46. The molecule has 0 spiro atoms. The molecular formula is C25H21F5N2O2. The van der Waals surface area contributed by atoms with E-state index in [1.807, 2.05) is 0 Å². The molecule has 1 aliphatic heterocycles. The van der Waals surface area contributed by atoms with Gasteiger partial charge >= 0.3 is 6.18 Å². The highest BCUT2D eigenvalue weighted by Gasteiger charge is 2.32. The molecule has 1 aliphatic rings. The minimum absolute atomic E-state index is 0.139. The Bertz CT molecular complexity index is 1220. The van der Waals surface area contributed by atoms with Crippen LogP contribution in [-0.4, -0.2) is 12.5 Å². The first-order valence-corrected chi connectivity index (χ1v) is 10.6. The van der Waals surface area contributed by atoms with E-state index < -0.39 is 29.3 Å². The second-order valence-electron chi connectivity index (χ2n) is 8.06. The molecule has 0 saturated carbocycles. The van der Waals surface area contributed by atoms with Gasteiger partial charge in [-0.15, -0.1) is 0 Å². The van der Waals surface area contributed by atoms with E-state index in [1.54, 1.807) is 6.92 Å². The fraction of sp³-hybridized carbons (Fsp3) is 0.240. The first-order valence-electron chi connectivity index (χ1n) is 10.6. The number of rotatable bonds is 5. The van der Waals surface area contributed by atoms with Gasteiger partial charge in [0.25, 0.3) is 5.91 Å². The van der Waals surface area contributed by atoms with Crippen LogP contribution in [0.15, 0.2) is 54.6 Å². The largest absolute Gasteiger partial charge is 0.456 e. The molecule has 4 rings (SSSR count). The van der Waals surface area contributed by atoms with Crippen molar-refractivity contribution in [1.29, 1.82) is 0 Å². The number of carbonyl (C=O) groups is 1. The maximum atomic E-state index is 14.3. The Balaban J connectivity index is 1.67. The number of benzene rings is 3. The van der Waals surface area contributed by atoms with E-state index in [1.165, 1.54) is 30.3 Å². The number of hydrogen-bond acceptors (Lipinski definition) is 3. The van der Waals surface area contributed by atoms with Crippen molar-refractivity contribution in [1.82, 2.24) is 5.32 Å². The van der Waals surface area contributed by atoms with E-state index in [2.05, 4.69) is 10.6 Å². The minimum Gasteiger partial charge on any atom is -0.456 e. The van der Waals surface area contributed by atoms with Gasteiger partial charge in [-0.05, 0) is 86.5 Å². The summed E-state index contributed by atoms with van der Waals surface area (Å²) in [5.74, 6) is -1.75. The zero-order valence-corrected chi connectivity index (χ0v) is 18.1. The molecule has 0 aromatic heterocycles. The van der Waals surface area contributed by atoms with Crippen molar-refractivity contribution < 1.29 is 31.5 Å². The molecular weight excluding hydrogens is 455 g/mol. The number of ether oxygens (including phenoxy) is 1. The van der Waals surface area contributed by atoms with Gasteiger partial charge in [0.15, 0.2) is 0 Å². The summed E-state index contributed by atoms with van der Waals surface area (Å²) in [6.07, 6.45) is -3.07.